The first-order chi connectivity index (χ1) is 6.36. The van der Waals surface area contributed by atoms with Crippen LogP contribution < -0.4 is 5.32 Å². The van der Waals surface area contributed by atoms with Crippen molar-refractivity contribution in [3.05, 3.63) is 23.2 Å². The van der Waals surface area contributed by atoms with Gasteiger partial charge >= 0.3 is 0 Å². The van der Waals surface area contributed by atoms with E-state index >= 15 is 0 Å². The Balaban J connectivity index is 2.84. The van der Waals surface area contributed by atoms with Gasteiger partial charge in [0, 0.05) is 13.2 Å². The van der Waals surface area contributed by atoms with Crippen molar-refractivity contribution in [2.24, 2.45) is 0 Å². The summed E-state index contributed by atoms with van der Waals surface area (Å²) in [6, 6.07) is 4.06. The molecule has 0 saturated heterocycles. The first-order valence-corrected chi connectivity index (χ1v) is 4.69. The smallest absolute Gasteiger partial charge is 0.103 e. The second-order valence-corrected chi connectivity index (χ2v) is 3.46. The van der Waals surface area contributed by atoms with Crippen molar-refractivity contribution in [3.63, 3.8) is 0 Å². The summed E-state index contributed by atoms with van der Waals surface area (Å²) in [4.78, 5) is 4.17. The van der Waals surface area contributed by atoms with Crippen molar-refractivity contribution in [1.29, 1.82) is 5.26 Å². The molecule has 0 fully saturated rings. The van der Waals surface area contributed by atoms with E-state index in [9.17, 15) is 0 Å². The molecule has 0 aromatic carbocycles. The van der Waals surface area contributed by atoms with Crippen LogP contribution in [0.5, 0.6) is 0 Å². The van der Waals surface area contributed by atoms with E-state index in [2.05, 4.69) is 16.4 Å². The normalized spacial score (nSPS) is 9.85. The molecule has 64 valence electrons. The summed E-state index contributed by atoms with van der Waals surface area (Å²) >= 11 is 1.59. The van der Waals surface area contributed by atoms with Gasteiger partial charge in [-0.1, -0.05) is 0 Å². The maximum atomic E-state index is 8.82. The molecule has 2 rings (SSSR count). The SMILES string of the molecule is CNc1c(C#N)cnc2ccsc12. The first kappa shape index (κ1) is 8.02. The van der Waals surface area contributed by atoms with Crippen molar-refractivity contribution in [3.8, 4) is 6.07 Å². The largest absolute Gasteiger partial charge is 0.386 e. The summed E-state index contributed by atoms with van der Waals surface area (Å²) in [5.41, 5.74) is 2.41. The lowest BCUT2D eigenvalue weighted by molar-refractivity contribution is 1.37. The predicted molar refractivity (Wildman–Crippen MR) is 53.9 cm³/mol. The van der Waals surface area contributed by atoms with E-state index in [0.29, 0.717) is 5.56 Å². The minimum atomic E-state index is 0.595. The summed E-state index contributed by atoms with van der Waals surface area (Å²) < 4.78 is 1.04. The minimum absolute atomic E-state index is 0.595. The van der Waals surface area contributed by atoms with Gasteiger partial charge in [0.1, 0.15) is 6.07 Å². The number of anilines is 1. The lowest BCUT2D eigenvalue weighted by Gasteiger charge is -2.02. The molecule has 0 atom stereocenters. The molecule has 2 aromatic heterocycles. The van der Waals surface area contributed by atoms with Crippen molar-refractivity contribution in [2.45, 2.75) is 0 Å². The Labute approximate surface area is 79.6 Å². The molecule has 0 radical (unpaired) electrons. The number of rotatable bonds is 1. The summed E-state index contributed by atoms with van der Waals surface area (Å²) in [7, 11) is 1.81. The molecule has 0 saturated carbocycles. The standard InChI is InChI=1S/C9H7N3S/c1-11-8-6(4-10)5-12-7-2-3-13-9(7)8/h2-3,5H,1H3,(H,11,12). The average molecular weight is 189 g/mol. The number of fused-ring (bicyclic) bond motifs is 1. The third kappa shape index (κ3) is 1.14. The van der Waals surface area contributed by atoms with Gasteiger partial charge in [0.05, 0.1) is 21.5 Å². The average Bonchev–Trinajstić information content (AvgIpc) is 2.63. The number of hydrogen-bond donors (Lipinski definition) is 1. The Bertz CT molecular complexity index is 481. The van der Waals surface area contributed by atoms with E-state index in [1.165, 1.54) is 0 Å². The maximum Gasteiger partial charge on any atom is 0.103 e. The maximum absolute atomic E-state index is 8.82. The summed E-state index contributed by atoms with van der Waals surface area (Å²) in [6.07, 6.45) is 1.60. The fraction of sp³-hybridized carbons (Fsp3) is 0.111. The molecule has 0 unspecified atom stereocenters. The van der Waals surface area contributed by atoms with Crippen LogP contribution in [-0.2, 0) is 0 Å². The Hall–Kier alpha value is -1.60. The van der Waals surface area contributed by atoms with Gasteiger partial charge < -0.3 is 5.32 Å². The fourth-order valence-corrected chi connectivity index (χ4v) is 2.15. The van der Waals surface area contributed by atoms with E-state index in [-0.39, 0.29) is 0 Å². The quantitative estimate of drug-likeness (QED) is 0.748. The zero-order chi connectivity index (χ0) is 9.26. The number of nitrogens with one attached hydrogen (secondary N) is 1. The molecule has 1 N–H and O–H groups in total. The minimum Gasteiger partial charge on any atom is -0.386 e. The number of nitriles is 1. The predicted octanol–water partition coefficient (Wildman–Crippen LogP) is 2.21. The second-order valence-electron chi connectivity index (χ2n) is 2.54. The Morgan fingerprint density at radius 3 is 3.15 bits per heavy atom. The number of hydrogen-bond acceptors (Lipinski definition) is 4. The Kier molecular flexibility index (Phi) is 1.87. The Morgan fingerprint density at radius 1 is 1.62 bits per heavy atom. The second kappa shape index (κ2) is 3.04. The van der Waals surface area contributed by atoms with Crippen LogP contribution in [0.25, 0.3) is 10.2 Å². The zero-order valence-corrected chi connectivity index (χ0v) is 7.85. The van der Waals surface area contributed by atoms with Gasteiger partial charge in [-0.3, -0.25) is 4.98 Å². The molecule has 0 aliphatic rings. The van der Waals surface area contributed by atoms with Crippen LogP contribution in [0.2, 0.25) is 0 Å². The molecule has 2 aromatic rings. The molecule has 4 heteroatoms. The van der Waals surface area contributed by atoms with Crippen molar-refractivity contribution in [2.75, 3.05) is 12.4 Å². The van der Waals surface area contributed by atoms with E-state index in [4.69, 9.17) is 5.26 Å². The molecule has 3 nitrogen and oxygen atoms in total. The molecular formula is C9H7N3S. The number of thiophene rings is 1. The summed E-state index contributed by atoms with van der Waals surface area (Å²) in [5.74, 6) is 0. The number of pyridine rings is 1. The molecular weight excluding hydrogens is 182 g/mol. The van der Waals surface area contributed by atoms with Crippen LogP contribution in [0.15, 0.2) is 17.6 Å². The highest BCUT2D eigenvalue weighted by molar-refractivity contribution is 7.17. The highest BCUT2D eigenvalue weighted by Gasteiger charge is 2.07. The van der Waals surface area contributed by atoms with Gasteiger partial charge in [-0.05, 0) is 11.4 Å². The van der Waals surface area contributed by atoms with Gasteiger partial charge in [0.25, 0.3) is 0 Å². The third-order valence-corrected chi connectivity index (χ3v) is 2.77. The van der Waals surface area contributed by atoms with Crippen LogP contribution in [0, 0.1) is 11.3 Å². The van der Waals surface area contributed by atoms with E-state index in [1.807, 2.05) is 18.5 Å². The lowest BCUT2D eigenvalue weighted by Crippen LogP contribution is -1.93. The van der Waals surface area contributed by atoms with Crippen LogP contribution >= 0.6 is 11.3 Å². The van der Waals surface area contributed by atoms with Crippen molar-refractivity contribution < 1.29 is 0 Å². The Morgan fingerprint density at radius 2 is 2.46 bits per heavy atom. The molecule has 0 aliphatic heterocycles. The molecule has 0 aliphatic carbocycles. The number of aromatic nitrogens is 1. The number of nitrogens with zero attached hydrogens (tertiary/aromatic N) is 2. The van der Waals surface area contributed by atoms with Crippen molar-refractivity contribution >= 4 is 27.2 Å². The van der Waals surface area contributed by atoms with E-state index < -0.39 is 0 Å². The van der Waals surface area contributed by atoms with Gasteiger partial charge in [0.2, 0.25) is 0 Å². The third-order valence-electron chi connectivity index (χ3n) is 1.84. The molecule has 0 amide bonds. The van der Waals surface area contributed by atoms with E-state index in [1.54, 1.807) is 17.5 Å². The molecule has 13 heavy (non-hydrogen) atoms. The van der Waals surface area contributed by atoms with Crippen LogP contribution in [-0.4, -0.2) is 12.0 Å². The molecule has 0 spiro atoms. The summed E-state index contributed by atoms with van der Waals surface area (Å²) in [5, 5.41) is 13.8. The topological polar surface area (TPSA) is 48.7 Å². The van der Waals surface area contributed by atoms with Crippen LogP contribution in [0.1, 0.15) is 5.56 Å². The zero-order valence-electron chi connectivity index (χ0n) is 7.03. The lowest BCUT2D eigenvalue weighted by atomic mass is 10.2. The monoisotopic (exact) mass is 189 g/mol. The first-order valence-electron chi connectivity index (χ1n) is 3.81. The molecule has 0 bridgehead atoms. The summed E-state index contributed by atoms with van der Waals surface area (Å²) in [6.45, 7) is 0. The van der Waals surface area contributed by atoms with Gasteiger partial charge in [-0.25, -0.2) is 0 Å². The van der Waals surface area contributed by atoms with Crippen molar-refractivity contribution in [1.82, 2.24) is 4.98 Å². The highest BCUT2D eigenvalue weighted by atomic mass is 32.1. The van der Waals surface area contributed by atoms with Gasteiger partial charge in [-0.2, -0.15) is 5.26 Å². The van der Waals surface area contributed by atoms with Gasteiger partial charge in [0.15, 0.2) is 0 Å². The highest BCUT2D eigenvalue weighted by Crippen LogP contribution is 2.29. The molecule has 2 heterocycles. The van der Waals surface area contributed by atoms with Crippen LogP contribution in [0.3, 0.4) is 0 Å². The van der Waals surface area contributed by atoms with E-state index in [0.717, 1.165) is 15.9 Å². The van der Waals surface area contributed by atoms with Gasteiger partial charge in [-0.15, -0.1) is 11.3 Å². The van der Waals surface area contributed by atoms with Crippen LogP contribution in [0.4, 0.5) is 5.69 Å². The fourth-order valence-electron chi connectivity index (χ4n) is 1.25.